The van der Waals surface area contributed by atoms with Gasteiger partial charge in [0.05, 0.1) is 16.1 Å². The highest BCUT2D eigenvalue weighted by Gasteiger charge is 2.36. The van der Waals surface area contributed by atoms with Crippen molar-refractivity contribution in [2.45, 2.75) is 50.3 Å². The minimum Gasteiger partial charge on any atom is -0.354 e. The average molecular weight is 686 g/mol. The van der Waals surface area contributed by atoms with Gasteiger partial charge in [-0.3, -0.25) is 13.9 Å². The first-order valence-corrected chi connectivity index (χ1v) is 16.7. The molecule has 1 atom stereocenters. The SMILES string of the molecule is CCCNC(=O)[C@H](Cc1ccccc1)N(Cc1ccccc1Cl)C(=O)CN(c1cccc(C(F)(F)F)c1)S(=O)(=O)c1ccc(C)cc1. The summed E-state index contributed by atoms with van der Waals surface area (Å²) < 4.78 is 70.1. The van der Waals surface area contributed by atoms with Gasteiger partial charge in [0.1, 0.15) is 12.6 Å². The Labute approximate surface area is 278 Å². The van der Waals surface area contributed by atoms with Crippen molar-refractivity contribution in [3.8, 4) is 0 Å². The highest BCUT2D eigenvalue weighted by molar-refractivity contribution is 7.92. The molecule has 4 aromatic carbocycles. The molecule has 2 amide bonds. The Morgan fingerprint density at radius 3 is 2.19 bits per heavy atom. The van der Waals surface area contributed by atoms with E-state index in [1.165, 1.54) is 23.1 Å². The van der Waals surface area contributed by atoms with Crippen molar-refractivity contribution in [3.05, 3.63) is 130 Å². The van der Waals surface area contributed by atoms with Crippen LogP contribution in [0.1, 0.15) is 35.6 Å². The third-order valence-corrected chi connectivity index (χ3v) is 9.62. The van der Waals surface area contributed by atoms with Gasteiger partial charge in [0.25, 0.3) is 10.0 Å². The zero-order chi connectivity index (χ0) is 34.2. The molecule has 4 rings (SSSR count). The number of alkyl halides is 3. The molecule has 1 N–H and O–H groups in total. The number of carbonyl (C=O) groups is 2. The van der Waals surface area contributed by atoms with Gasteiger partial charge in [0.15, 0.2) is 0 Å². The molecule has 0 saturated heterocycles. The number of benzene rings is 4. The number of nitrogens with one attached hydrogen (secondary N) is 1. The van der Waals surface area contributed by atoms with Gasteiger partial charge in [-0.2, -0.15) is 13.2 Å². The lowest BCUT2D eigenvalue weighted by atomic mass is 10.0. The molecule has 0 bridgehead atoms. The topological polar surface area (TPSA) is 86.8 Å². The van der Waals surface area contributed by atoms with E-state index in [2.05, 4.69) is 5.32 Å². The first-order valence-electron chi connectivity index (χ1n) is 14.9. The summed E-state index contributed by atoms with van der Waals surface area (Å²) in [5.41, 5.74) is 0.555. The maximum Gasteiger partial charge on any atom is 0.416 e. The van der Waals surface area contributed by atoms with Crippen LogP contribution in [0.5, 0.6) is 0 Å². The van der Waals surface area contributed by atoms with Crippen LogP contribution in [-0.2, 0) is 38.8 Å². The Morgan fingerprint density at radius 1 is 0.894 bits per heavy atom. The molecule has 0 aliphatic carbocycles. The number of sulfonamides is 1. The summed E-state index contributed by atoms with van der Waals surface area (Å²) in [6.45, 7) is 2.90. The van der Waals surface area contributed by atoms with Crippen molar-refractivity contribution < 1.29 is 31.2 Å². The van der Waals surface area contributed by atoms with Gasteiger partial charge in [-0.05, 0) is 60.9 Å². The fourth-order valence-corrected chi connectivity index (χ4v) is 6.54. The summed E-state index contributed by atoms with van der Waals surface area (Å²) in [5, 5.41) is 3.16. The van der Waals surface area contributed by atoms with Crippen molar-refractivity contribution >= 4 is 39.1 Å². The molecular weight excluding hydrogens is 651 g/mol. The van der Waals surface area contributed by atoms with Crippen LogP contribution in [0.3, 0.4) is 0 Å². The second-order valence-corrected chi connectivity index (χ2v) is 13.3. The van der Waals surface area contributed by atoms with Crippen molar-refractivity contribution in [1.82, 2.24) is 10.2 Å². The van der Waals surface area contributed by atoms with Crippen molar-refractivity contribution in [2.75, 3.05) is 17.4 Å². The number of amides is 2. The third kappa shape index (κ3) is 9.14. The largest absolute Gasteiger partial charge is 0.416 e. The van der Waals surface area contributed by atoms with Crippen LogP contribution in [0, 0.1) is 6.92 Å². The molecule has 7 nitrogen and oxygen atoms in total. The lowest BCUT2D eigenvalue weighted by Gasteiger charge is -2.34. The van der Waals surface area contributed by atoms with E-state index in [1.54, 1.807) is 67.6 Å². The highest BCUT2D eigenvalue weighted by Crippen LogP contribution is 2.33. The monoisotopic (exact) mass is 685 g/mol. The summed E-state index contributed by atoms with van der Waals surface area (Å²) >= 11 is 6.48. The smallest absolute Gasteiger partial charge is 0.354 e. The number of rotatable bonds is 13. The number of anilines is 1. The minimum absolute atomic E-state index is 0.0842. The molecule has 0 radical (unpaired) electrons. The van der Waals surface area contributed by atoms with E-state index >= 15 is 0 Å². The Bertz CT molecular complexity index is 1790. The second kappa shape index (κ2) is 15.5. The molecule has 0 saturated carbocycles. The van der Waals surface area contributed by atoms with Crippen LogP contribution in [0.4, 0.5) is 18.9 Å². The van der Waals surface area contributed by atoms with Gasteiger partial charge in [0, 0.05) is 24.5 Å². The lowest BCUT2D eigenvalue weighted by Crippen LogP contribution is -2.53. The summed E-state index contributed by atoms with van der Waals surface area (Å²) in [6, 6.07) is 24.1. The van der Waals surface area contributed by atoms with Gasteiger partial charge in [-0.25, -0.2) is 8.42 Å². The Balaban J connectivity index is 1.85. The van der Waals surface area contributed by atoms with E-state index < -0.39 is 46.2 Å². The lowest BCUT2D eigenvalue weighted by molar-refractivity contribution is -0.140. The molecule has 248 valence electrons. The molecule has 0 spiro atoms. The van der Waals surface area contributed by atoms with E-state index in [4.69, 9.17) is 11.6 Å². The van der Waals surface area contributed by atoms with Crippen molar-refractivity contribution in [2.24, 2.45) is 0 Å². The number of hydrogen-bond donors (Lipinski definition) is 1. The van der Waals surface area contributed by atoms with Gasteiger partial charge in [-0.15, -0.1) is 0 Å². The quantitative estimate of drug-likeness (QED) is 0.164. The molecular formula is C35H35ClF3N3O4S. The molecule has 47 heavy (non-hydrogen) atoms. The first-order chi connectivity index (χ1) is 22.3. The summed E-state index contributed by atoms with van der Waals surface area (Å²) in [5.74, 6) is -1.28. The van der Waals surface area contributed by atoms with E-state index in [9.17, 15) is 31.2 Å². The van der Waals surface area contributed by atoms with Gasteiger partial charge in [-0.1, -0.05) is 90.8 Å². The molecule has 0 unspecified atom stereocenters. The highest BCUT2D eigenvalue weighted by atomic mass is 35.5. The standard InChI is InChI=1S/C35H35ClF3N3O4S/c1-3-20-40-34(44)32(21-26-10-5-4-6-11-26)41(23-27-12-7-8-15-31(27)36)33(43)24-42(29-14-9-13-28(22-29)35(37,38)39)47(45,46)30-18-16-25(2)17-19-30/h4-19,22,32H,3,20-21,23-24H2,1-2H3,(H,40,44)/t32-/m0/s1. The fourth-order valence-electron chi connectivity index (χ4n) is 4.93. The third-order valence-electron chi connectivity index (χ3n) is 7.47. The van der Waals surface area contributed by atoms with E-state index in [0.29, 0.717) is 33.9 Å². The molecule has 0 heterocycles. The van der Waals surface area contributed by atoms with Crippen LogP contribution >= 0.6 is 11.6 Å². The van der Waals surface area contributed by atoms with E-state index in [1.807, 2.05) is 13.0 Å². The number of hydrogen-bond acceptors (Lipinski definition) is 4. The van der Waals surface area contributed by atoms with E-state index in [-0.39, 0.29) is 23.5 Å². The number of nitrogens with zero attached hydrogens (tertiary/aromatic N) is 2. The molecule has 0 fully saturated rings. The summed E-state index contributed by atoms with van der Waals surface area (Å²) in [6.07, 6.45) is -4.06. The number of carbonyl (C=O) groups excluding carboxylic acids is 2. The van der Waals surface area contributed by atoms with Crippen LogP contribution in [0.15, 0.2) is 108 Å². The van der Waals surface area contributed by atoms with Crippen LogP contribution in [0.25, 0.3) is 0 Å². The zero-order valence-electron chi connectivity index (χ0n) is 25.9. The molecule has 12 heteroatoms. The second-order valence-electron chi connectivity index (χ2n) is 11.0. The minimum atomic E-state index is -4.77. The van der Waals surface area contributed by atoms with Crippen molar-refractivity contribution in [1.29, 1.82) is 0 Å². The van der Waals surface area contributed by atoms with Crippen LogP contribution in [0.2, 0.25) is 5.02 Å². The molecule has 0 aliphatic rings. The average Bonchev–Trinajstić information content (AvgIpc) is 3.05. The fraction of sp³-hybridized carbons (Fsp3) is 0.257. The predicted octanol–water partition coefficient (Wildman–Crippen LogP) is 7.03. The Morgan fingerprint density at radius 2 is 1.55 bits per heavy atom. The normalized spacial score (nSPS) is 12.3. The molecule has 4 aromatic rings. The molecule has 0 aromatic heterocycles. The van der Waals surface area contributed by atoms with E-state index in [0.717, 1.165) is 23.3 Å². The van der Waals surface area contributed by atoms with Crippen LogP contribution < -0.4 is 9.62 Å². The maximum atomic E-state index is 14.4. The van der Waals surface area contributed by atoms with Gasteiger partial charge < -0.3 is 10.2 Å². The number of halogens is 4. The van der Waals surface area contributed by atoms with Crippen molar-refractivity contribution in [3.63, 3.8) is 0 Å². The zero-order valence-corrected chi connectivity index (χ0v) is 27.4. The summed E-state index contributed by atoms with van der Waals surface area (Å²) in [7, 11) is -4.57. The maximum absolute atomic E-state index is 14.4. The first kappa shape index (κ1) is 35.5. The summed E-state index contributed by atoms with van der Waals surface area (Å²) in [4.78, 5) is 29.2. The Kier molecular flexibility index (Phi) is 11.7. The Hall–Kier alpha value is -4.35. The van der Waals surface area contributed by atoms with Crippen LogP contribution in [-0.4, -0.2) is 44.3 Å². The predicted molar refractivity (Wildman–Crippen MR) is 176 cm³/mol. The molecule has 0 aliphatic heterocycles. The number of aryl methyl sites for hydroxylation is 1. The van der Waals surface area contributed by atoms with Gasteiger partial charge >= 0.3 is 6.18 Å². The van der Waals surface area contributed by atoms with Gasteiger partial charge in [0.2, 0.25) is 11.8 Å².